The Balaban J connectivity index is 1.82. The summed E-state index contributed by atoms with van der Waals surface area (Å²) < 4.78 is 0. The molecule has 116 valence electrons. The molecule has 20 heavy (non-hydrogen) atoms. The van der Waals surface area contributed by atoms with E-state index in [2.05, 4.69) is 23.6 Å². The van der Waals surface area contributed by atoms with Crippen molar-refractivity contribution >= 4 is 5.91 Å². The Morgan fingerprint density at radius 2 is 1.75 bits per heavy atom. The third kappa shape index (κ3) is 3.53. The topological polar surface area (TPSA) is 49.6 Å². The van der Waals surface area contributed by atoms with E-state index in [9.17, 15) is 4.79 Å². The predicted octanol–water partition coefficient (Wildman–Crippen LogP) is 1.70. The molecule has 1 aliphatic heterocycles. The molecule has 2 aliphatic rings. The Hall–Kier alpha value is -0.610. The third-order valence-corrected chi connectivity index (χ3v) is 5.09. The van der Waals surface area contributed by atoms with Crippen LogP contribution < -0.4 is 5.73 Å². The maximum Gasteiger partial charge on any atom is 0.230 e. The molecule has 0 aromatic heterocycles. The summed E-state index contributed by atoms with van der Waals surface area (Å²) >= 11 is 0. The summed E-state index contributed by atoms with van der Waals surface area (Å²) in [4.78, 5) is 17.3. The molecular weight excluding hydrogens is 250 g/mol. The first-order chi connectivity index (χ1) is 9.57. The fourth-order valence-corrected chi connectivity index (χ4v) is 3.51. The lowest BCUT2D eigenvalue weighted by Gasteiger charge is -2.39. The second-order valence-electron chi connectivity index (χ2n) is 7.01. The van der Waals surface area contributed by atoms with E-state index in [4.69, 9.17) is 5.73 Å². The molecule has 0 atom stereocenters. The van der Waals surface area contributed by atoms with Crippen LogP contribution in [0.5, 0.6) is 0 Å². The average molecular weight is 281 g/mol. The van der Waals surface area contributed by atoms with Gasteiger partial charge in [0, 0.05) is 32.7 Å². The largest absolute Gasteiger partial charge is 0.340 e. The number of carbonyl (C=O) groups is 1. The number of rotatable bonds is 5. The molecular formula is C16H31N3O. The highest BCUT2D eigenvalue weighted by Gasteiger charge is 2.42. The highest BCUT2D eigenvalue weighted by Crippen LogP contribution is 2.39. The number of piperazine rings is 1. The van der Waals surface area contributed by atoms with Crippen LogP contribution in [0.2, 0.25) is 0 Å². The molecule has 0 radical (unpaired) electrons. The van der Waals surface area contributed by atoms with Crippen molar-refractivity contribution in [2.75, 3.05) is 39.3 Å². The van der Waals surface area contributed by atoms with Gasteiger partial charge in [0.25, 0.3) is 0 Å². The summed E-state index contributed by atoms with van der Waals surface area (Å²) in [5.74, 6) is 1.09. The molecule has 0 unspecified atom stereocenters. The molecule has 2 N–H and O–H groups in total. The first-order valence-corrected chi connectivity index (χ1v) is 8.29. The molecule has 0 spiro atoms. The lowest BCUT2D eigenvalue weighted by Crippen LogP contribution is -2.54. The molecule has 0 aromatic rings. The molecule has 4 heteroatoms. The van der Waals surface area contributed by atoms with Gasteiger partial charge in [-0.05, 0) is 31.7 Å². The van der Waals surface area contributed by atoms with Gasteiger partial charge in [0.2, 0.25) is 5.91 Å². The van der Waals surface area contributed by atoms with Crippen molar-refractivity contribution < 1.29 is 4.79 Å². The minimum Gasteiger partial charge on any atom is -0.340 e. The van der Waals surface area contributed by atoms with Gasteiger partial charge in [-0.25, -0.2) is 0 Å². The zero-order valence-electron chi connectivity index (χ0n) is 13.2. The molecule has 1 amide bonds. The monoisotopic (exact) mass is 281 g/mol. The average Bonchev–Trinajstić information content (AvgIpc) is 2.95. The second-order valence-corrected chi connectivity index (χ2v) is 7.01. The summed E-state index contributed by atoms with van der Waals surface area (Å²) in [5, 5.41) is 0. The maximum atomic E-state index is 12.8. The van der Waals surface area contributed by atoms with E-state index in [1.807, 2.05) is 0 Å². The summed E-state index contributed by atoms with van der Waals surface area (Å²) in [7, 11) is 0. The van der Waals surface area contributed by atoms with E-state index in [1.54, 1.807) is 0 Å². The number of nitrogens with zero attached hydrogens (tertiary/aromatic N) is 2. The van der Waals surface area contributed by atoms with Gasteiger partial charge in [-0.3, -0.25) is 9.69 Å². The number of hydrogen-bond acceptors (Lipinski definition) is 3. The number of nitrogens with two attached hydrogens (primary N) is 1. The summed E-state index contributed by atoms with van der Waals surface area (Å²) in [6.07, 6.45) is 5.57. The minimum absolute atomic E-state index is 0.222. The van der Waals surface area contributed by atoms with E-state index < -0.39 is 0 Å². The van der Waals surface area contributed by atoms with Gasteiger partial charge in [-0.15, -0.1) is 0 Å². The summed E-state index contributed by atoms with van der Waals surface area (Å²) in [6.45, 7) is 10.1. The molecule has 1 saturated heterocycles. The Morgan fingerprint density at radius 1 is 1.15 bits per heavy atom. The van der Waals surface area contributed by atoms with E-state index >= 15 is 0 Å². The highest BCUT2D eigenvalue weighted by molar-refractivity contribution is 5.83. The van der Waals surface area contributed by atoms with Crippen LogP contribution in [0.15, 0.2) is 0 Å². The van der Waals surface area contributed by atoms with Crippen molar-refractivity contribution in [3.8, 4) is 0 Å². The molecule has 1 heterocycles. The van der Waals surface area contributed by atoms with E-state index in [0.717, 1.165) is 57.8 Å². The van der Waals surface area contributed by atoms with Crippen LogP contribution in [0.4, 0.5) is 0 Å². The van der Waals surface area contributed by atoms with Crippen LogP contribution in [0.25, 0.3) is 0 Å². The van der Waals surface area contributed by atoms with Gasteiger partial charge in [0.1, 0.15) is 0 Å². The van der Waals surface area contributed by atoms with Gasteiger partial charge >= 0.3 is 0 Å². The SMILES string of the molecule is CC(C)CCN1CCN(C(=O)C2(CN)CCCC2)CC1. The second kappa shape index (κ2) is 6.90. The molecule has 1 saturated carbocycles. The predicted molar refractivity (Wildman–Crippen MR) is 82.4 cm³/mol. The zero-order valence-corrected chi connectivity index (χ0v) is 13.2. The standard InChI is InChI=1S/C16H31N3O/c1-14(2)5-8-18-9-11-19(12-10-18)15(20)16(13-17)6-3-4-7-16/h14H,3-13,17H2,1-2H3. The molecule has 0 aromatic carbocycles. The van der Waals surface area contributed by atoms with Gasteiger partial charge < -0.3 is 10.6 Å². The fourth-order valence-electron chi connectivity index (χ4n) is 3.51. The van der Waals surface area contributed by atoms with Crippen LogP contribution >= 0.6 is 0 Å². The Morgan fingerprint density at radius 3 is 2.25 bits per heavy atom. The van der Waals surface area contributed by atoms with Gasteiger partial charge in [-0.2, -0.15) is 0 Å². The summed E-state index contributed by atoms with van der Waals surface area (Å²) in [5.41, 5.74) is 5.70. The lowest BCUT2D eigenvalue weighted by molar-refractivity contribution is -0.143. The smallest absolute Gasteiger partial charge is 0.230 e. The van der Waals surface area contributed by atoms with Crippen LogP contribution in [0.3, 0.4) is 0 Å². The van der Waals surface area contributed by atoms with Gasteiger partial charge in [0.05, 0.1) is 5.41 Å². The Kier molecular flexibility index (Phi) is 5.44. The van der Waals surface area contributed by atoms with Crippen LogP contribution in [0, 0.1) is 11.3 Å². The zero-order chi connectivity index (χ0) is 14.6. The van der Waals surface area contributed by atoms with Crippen molar-refractivity contribution in [1.82, 2.24) is 9.80 Å². The summed E-state index contributed by atoms with van der Waals surface area (Å²) in [6, 6.07) is 0. The van der Waals surface area contributed by atoms with Crippen LogP contribution in [0.1, 0.15) is 46.0 Å². The molecule has 1 aliphatic carbocycles. The quantitative estimate of drug-likeness (QED) is 0.834. The first kappa shape index (κ1) is 15.8. The van der Waals surface area contributed by atoms with Gasteiger partial charge in [0.15, 0.2) is 0 Å². The number of carbonyl (C=O) groups excluding carboxylic acids is 1. The lowest BCUT2D eigenvalue weighted by atomic mass is 9.84. The van der Waals surface area contributed by atoms with Crippen molar-refractivity contribution in [2.24, 2.45) is 17.1 Å². The van der Waals surface area contributed by atoms with Crippen molar-refractivity contribution in [3.63, 3.8) is 0 Å². The van der Waals surface area contributed by atoms with Crippen LogP contribution in [-0.4, -0.2) is 55.0 Å². The van der Waals surface area contributed by atoms with Gasteiger partial charge in [-0.1, -0.05) is 26.7 Å². The molecule has 4 nitrogen and oxygen atoms in total. The Labute approximate surface area is 123 Å². The first-order valence-electron chi connectivity index (χ1n) is 8.29. The normalized spacial score (nSPS) is 23.5. The van der Waals surface area contributed by atoms with Crippen molar-refractivity contribution in [2.45, 2.75) is 46.0 Å². The van der Waals surface area contributed by atoms with E-state index in [1.165, 1.54) is 13.0 Å². The third-order valence-electron chi connectivity index (χ3n) is 5.09. The molecule has 0 bridgehead atoms. The van der Waals surface area contributed by atoms with Crippen molar-refractivity contribution in [1.29, 1.82) is 0 Å². The molecule has 2 fully saturated rings. The molecule has 2 rings (SSSR count). The highest BCUT2D eigenvalue weighted by atomic mass is 16.2. The van der Waals surface area contributed by atoms with Crippen molar-refractivity contribution in [3.05, 3.63) is 0 Å². The Bertz CT molecular complexity index is 316. The maximum absolute atomic E-state index is 12.8. The fraction of sp³-hybridized carbons (Fsp3) is 0.938. The van der Waals surface area contributed by atoms with Crippen LogP contribution in [-0.2, 0) is 4.79 Å². The van der Waals surface area contributed by atoms with E-state index in [0.29, 0.717) is 12.5 Å². The number of hydrogen-bond donors (Lipinski definition) is 1. The minimum atomic E-state index is -0.222. The van der Waals surface area contributed by atoms with E-state index in [-0.39, 0.29) is 5.41 Å². The number of amides is 1.